The molecule has 3 heterocycles. The first-order valence-electron chi connectivity index (χ1n) is 8.68. The summed E-state index contributed by atoms with van der Waals surface area (Å²) in [6, 6.07) is 8.60. The van der Waals surface area contributed by atoms with Crippen molar-refractivity contribution in [3.63, 3.8) is 0 Å². The summed E-state index contributed by atoms with van der Waals surface area (Å²) in [4.78, 5) is 21.7. The molecule has 0 radical (unpaired) electrons. The van der Waals surface area contributed by atoms with Crippen molar-refractivity contribution < 1.29 is 9.53 Å². The highest BCUT2D eigenvalue weighted by Gasteiger charge is 2.31. The number of para-hydroxylation sites is 1. The summed E-state index contributed by atoms with van der Waals surface area (Å²) in [5, 5.41) is 1.17. The molecule has 24 heavy (non-hydrogen) atoms. The van der Waals surface area contributed by atoms with Crippen LogP contribution < -0.4 is 0 Å². The van der Waals surface area contributed by atoms with E-state index < -0.39 is 0 Å². The van der Waals surface area contributed by atoms with Gasteiger partial charge in [0.05, 0.1) is 28.8 Å². The highest BCUT2D eigenvalue weighted by Crippen LogP contribution is 2.30. The zero-order valence-corrected chi connectivity index (χ0v) is 14.8. The minimum Gasteiger partial charge on any atom is -0.381 e. The standard InChI is InChI=1S/C18H23N3O2S/c1-13(17-19-15-4-2-3-5-16(15)24-17)20-7-9-21(10-8-20)18(22)14-6-11-23-12-14/h2-5,13-14H,6-12H2,1H3. The predicted octanol–water partition coefficient (Wildman–Crippen LogP) is 2.54. The number of aromatic nitrogens is 1. The summed E-state index contributed by atoms with van der Waals surface area (Å²) in [7, 11) is 0. The molecular weight excluding hydrogens is 322 g/mol. The number of amides is 1. The number of ether oxygens (including phenoxy) is 1. The zero-order chi connectivity index (χ0) is 16.5. The quantitative estimate of drug-likeness (QED) is 0.858. The number of rotatable bonds is 3. The summed E-state index contributed by atoms with van der Waals surface area (Å²) in [5.74, 6) is 0.359. The van der Waals surface area contributed by atoms with E-state index in [4.69, 9.17) is 9.72 Å². The molecule has 1 aromatic carbocycles. The van der Waals surface area contributed by atoms with Gasteiger partial charge in [-0.05, 0) is 25.5 Å². The average Bonchev–Trinajstić information content (AvgIpc) is 3.30. The Morgan fingerprint density at radius 3 is 2.79 bits per heavy atom. The third-order valence-electron chi connectivity index (χ3n) is 5.12. The Hall–Kier alpha value is -1.50. The van der Waals surface area contributed by atoms with E-state index in [0.717, 1.165) is 44.7 Å². The Bertz CT molecular complexity index is 685. The SMILES string of the molecule is CC(c1nc2ccccc2s1)N1CCN(C(=O)C2CCOC2)CC1. The number of hydrogen-bond acceptors (Lipinski definition) is 5. The number of fused-ring (bicyclic) bond motifs is 1. The van der Waals surface area contributed by atoms with E-state index in [0.29, 0.717) is 12.6 Å². The molecule has 1 aromatic heterocycles. The lowest BCUT2D eigenvalue weighted by atomic mass is 10.1. The van der Waals surface area contributed by atoms with Gasteiger partial charge >= 0.3 is 0 Å². The fourth-order valence-corrected chi connectivity index (χ4v) is 4.60. The van der Waals surface area contributed by atoms with Crippen molar-refractivity contribution in [2.45, 2.75) is 19.4 Å². The first-order valence-corrected chi connectivity index (χ1v) is 9.50. The molecule has 2 aromatic rings. The molecule has 0 bridgehead atoms. The minimum absolute atomic E-state index is 0.0817. The molecule has 6 heteroatoms. The maximum Gasteiger partial charge on any atom is 0.228 e. The van der Waals surface area contributed by atoms with Gasteiger partial charge in [0.15, 0.2) is 0 Å². The van der Waals surface area contributed by atoms with E-state index in [1.165, 1.54) is 9.71 Å². The number of hydrogen-bond donors (Lipinski definition) is 0. The summed E-state index contributed by atoms with van der Waals surface area (Å²) in [6.07, 6.45) is 0.876. The molecule has 0 spiro atoms. The summed E-state index contributed by atoms with van der Waals surface area (Å²) < 4.78 is 6.60. The molecule has 2 aliphatic heterocycles. The van der Waals surface area contributed by atoms with Crippen LogP contribution in [0, 0.1) is 5.92 Å². The fraction of sp³-hybridized carbons (Fsp3) is 0.556. The number of carbonyl (C=O) groups is 1. The molecule has 128 valence electrons. The van der Waals surface area contributed by atoms with Crippen molar-refractivity contribution in [3.05, 3.63) is 29.3 Å². The number of benzene rings is 1. The summed E-state index contributed by atoms with van der Waals surface area (Å²) in [6.45, 7) is 6.99. The smallest absolute Gasteiger partial charge is 0.228 e. The highest BCUT2D eigenvalue weighted by molar-refractivity contribution is 7.18. The van der Waals surface area contributed by atoms with Gasteiger partial charge in [0.1, 0.15) is 5.01 Å². The topological polar surface area (TPSA) is 45.7 Å². The van der Waals surface area contributed by atoms with E-state index in [2.05, 4.69) is 30.0 Å². The van der Waals surface area contributed by atoms with Gasteiger partial charge < -0.3 is 9.64 Å². The van der Waals surface area contributed by atoms with Crippen LogP contribution in [0.3, 0.4) is 0 Å². The van der Waals surface area contributed by atoms with Crippen LogP contribution in [0.4, 0.5) is 0 Å². The second-order valence-corrected chi connectivity index (χ2v) is 7.68. The van der Waals surface area contributed by atoms with Gasteiger partial charge in [-0.25, -0.2) is 4.98 Å². The molecular formula is C18H23N3O2S. The molecule has 2 saturated heterocycles. The third-order valence-corrected chi connectivity index (χ3v) is 6.33. The van der Waals surface area contributed by atoms with Crippen LogP contribution in [-0.2, 0) is 9.53 Å². The molecule has 1 amide bonds. The molecule has 2 fully saturated rings. The Morgan fingerprint density at radius 2 is 2.08 bits per heavy atom. The van der Waals surface area contributed by atoms with Crippen molar-refractivity contribution in [1.82, 2.24) is 14.8 Å². The Kier molecular flexibility index (Phi) is 4.52. The first-order chi connectivity index (χ1) is 11.7. The van der Waals surface area contributed by atoms with Gasteiger partial charge in [0.25, 0.3) is 0 Å². The van der Waals surface area contributed by atoms with Crippen LogP contribution in [0.15, 0.2) is 24.3 Å². The lowest BCUT2D eigenvalue weighted by Gasteiger charge is -2.38. The van der Waals surface area contributed by atoms with Gasteiger partial charge in [-0.1, -0.05) is 12.1 Å². The van der Waals surface area contributed by atoms with Gasteiger partial charge in [0, 0.05) is 32.8 Å². The molecule has 0 N–H and O–H groups in total. The Balaban J connectivity index is 1.38. The molecule has 2 atom stereocenters. The van der Waals surface area contributed by atoms with Crippen LogP contribution in [-0.4, -0.2) is 60.1 Å². The number of carbonyl (C=O) groups excluding carboxylic acids is 1. The van der Waals surface area contributed by atoms with E-state index >= 15 is 0 Å². The van der Waals surface area contributed by atoms with Crippen LogP contribution in [0.1, 0.15) is 24.4 Å². The minimum atomic E-state index is 0.0817. The maximum atomic E-state index is 12.5. The molecule has 0 aliphatic carbocycles. The van der Waals surface area contributed by atoms with Crippen molar-refractivity contribution in [2.75, 3.05) is 39.4 Å². The van der Waals surface area contributed by atoms with Gasteiger partial charge in [0.2, 0.25) is 5.91 Å². The zero-order valence-electron chi connectivity index (χ0n) is 14.0. The summed E-state index contributed by atoms with van der Waals surface area (Å²) >= 11 is 1.78. The second-order valence-electron chi connectivity index (χ2n) is 6.62. The monoisotopic (exact) mass is 345 g/mol. The third kappa shape index (κ3) is 3.06. The van der Waals surface area contributed by atoms with Crippen molar-refractivity contribution in [3.8, 4) is 0 Å². The van der Waals surface area contributed by atoms with Gasteiger partial charge in [-0.3, -0.25) is 9.69 Å². The second kappa shape index (κ2) is 6.78. The number of thiazole rings is 1. The van der Waals surface area contributed by atoms with Crippen molar-refractivity contribution >= 4 is 27.5 Å². The van der Waals surface area contributed by atoms with Crippen LogP contribution in [0.5, 0.6) is 0 Å². The highest BCUT2D eigenvalue weighted by atomic mass is 32.1. The largest absolute Gasteiger partial charge is 0.381 e. The fourth-order valence-electron chi connectivity index (χ4n) is 3.54. The van der Waals surface area contributed by atoms with E-state index in [1.54, 1.807) is 11.3 Å². The van der Waals surface area contributed by atoms with Crippen LogP contribution in [0.25, 0.3) is 10.2 Å². The van der Waals surface area contributed by atoms with Gasteiger partial charge in [-0.2, -0.15) is 0 Å². The summed E-state index contributed by atoms with van der Waals surface area (Å²) in [5.41, 5.74) is 1.08. The van der Waals surface area contributed by atoms with E-state index in [9.17, 15) is 4.79 Å². The first kappa shape index (κ1) is 16.0. The molecule has 5 nitrogen and oxygen atoms in total. The van der Waals surface area contributed by atoms with Crippen molar-refractivity contribution in [1.29, 1.82) is 0 Å². The number of nitrogens with zero attached hydrogens (tertiary/aromatic N) is 3. The van der Waals surface area contributed by atoms with Crippen LogP contribution in [0.2, 0.25) is 0 Å². The predicted molar refractivity (Wildman–Crippen MR) is 95.1 cm³/mol. The Morgan fingerprint density at radius 1 is 1.29 bits per heavy atom. The molecule has 2 aliphatic rings. The lowest BCUT2D eigenvalue weighted by Crippen LogP contribution is -2.50. The van der Waals surface area contributed by atoms with Crippen molar-refractivity contribution in [2.24, 2.45) is 5.92 Å². The average molecular weight is 345 g/mol. The van der Waals surface area contributed by atoms with Gasteiger partial charge in [-0.15, -0.1) is 11.3 Å². The number of piperazine rings is 1. The Labute approximate surface area is 146 Å². The molecule has 2 unspecified atom stereocenters. The molecule has 4 rings (SSSR count). The normalized spacial score (nSPS) is 23.7. The van der Waals surface area contributed by atoms with Crippen LogP contribution >= 0.6 is 11.3 Å². The van der Waals surface area contributed by atoms with E-state index in [-0.39, 0.29) is 11.8 Å². The maximum absolute atomic E-state index is 12.5. The van der Waals surface area contributed by atoms with E-state index in [1.807, 2.05) is 11.0 Å². The lowest BCUT2D eigenvalue weighted by molar-refractivity contribution is -0.137. The molecule has 0 saturated carbocycles.